The summed E-state index contributed by atoms with van der Waals surface area (Å²) >= 11 is 11.4. The van der Waals surface area contributed by atoms with Crippen molar-refractivity contribution in [3.63, 3.8) is 0 Å². The second-order valence-electron chi connectivity index (χ2n) is 3.99. The van der Waals surface area contributed by atoms with Crippen LogP contribution in [0.3, 0.4) is 0 Å². The number of hydrogen-bond donors (Lipinski definition) is 0. The van der Waals surface area contributed by atoms with Crippen LogP contribution in [0.4, 0.5) is 0 Å². The summed E-state index contributed by atoms with van der Waals surface area (Å²) in [4.78, 5) is 14.0. The second kappa shape index (κ2) is 6.87. The summed E-state index contributed by atoms with van der Waals surface area (Å²) in [5.74, 6) is 0.855. The van der Waals surface area contributed by atoms with Gasteiger partial charge in [0.2, 0.25) is 0 Å². The van der Waals surface area contributed by atoms with Crippen molar-refractivity contribution in [3.8, 4) is 0 Å². The molecule has 0 radical (unpaired) electrons. The van der Waals surface area contributed by atoms with E-state index in [0.717, 1.165) is 16.7 Å². The van der Waals surface area contributed by atoms with E-state index < -0.39 is 0 Å². The molecule has 1 aromatic rings. The van der Waals surface area contributed by atoms with Crippen LogP contribution >= 0.6 is 23.2 Å². The van der Waals surface area contributed by atoms with Crippen molar-refractivity contribution in [1.82, 2.24) is 4.90 Å². The molecule has 0 aromatic heterocycles. The van der Waals surface area contributed by atoms with E-state index in [1.165, 1.54) is 0 Å². The Morgan fingerprint density at radius 2 is 1.76 bits per heavy atom. The van der Waals surface area contributed by atoms with Gasteiger partial charge in [-0.05, 0) is 25.5 Å². The summed E-state index contributed by atoms with van der Waals surface area (Å²) in [6.45, 7) is 4.97. The predicted molar refractivity (Wildman–Crippen MR) is 73.3 cm³/mol. The van der Waals surface area contributed by atoms with E-state index in [2.05, 4.69) is 0 Å². The SMILES string of the molecule is Cc1ccc(C)c(C(=O)N(CCCl)CCCl)c1. The van der Waals surface area contributed by atoms with Gasteiger partial charge < -0.3 is 4.90 Å². The molecule has 0 atom stereocenters. The van der Waals surface area contributed by atoms with Crippen LogP contribution in [0.25, 0.3) is 0 Å². The highest BCUT2D eigenvalue weighted by Gasteiger charge is 2.16. The van der Waals surface area contributed by atoms with E-state index in [1.54, 1.807) is 4.90 Å². The van der Waals surface area contributed by atoms with Gasteiger partial charge in [0.15, 0.2) is 0 Å². The van der Waals surface area contributed by atoms with Crippen molar-refractivity contribution in [2.75, 3.05) is 24.8 Å². The molecule has 1 aromatic carbocycles. The lowest BCUT2D eigenvalue weighted by atomic mass is 10.0. The van der Waals surface area contributed by atoms with Crippen LogP contribution in [-0.2, 0) is 0 Å². The number of halogens is 2. The van der Waals surface area contributed by atoms with E-state index in [-0.39, 0.29) is 5.91 Å². The molecular weight excluding hydrogens is 257 g/mol. The highest BCUT2D eigenvalue weighted by Crippen LogP contribution is 2.13. The maximum Gasteiger partial charge on any atom is 0.254 e. The van der Waals surface area contributed by atoms with Crippen molar-refractivity contribution >= 4 is 29.1 Å². The lowest BCUT2D eigenvalue weighted by Crippen LogP contribution is -2.34. The summed E-state index contributed by atoms with van der Waals surface area (Å²) in [5.41, 5.74) is 2.80. The van der Waals surface area contributed by atoms with Crippen LogP contribution in [0, 0.1) is 13.8 Å². The van der Waals surface area contributed by atoms with Gasteiger partial charge in [-0.3, -0.25) is 4.79 Å². The Balaban J connectivity index is 2.95. The zero-order chi connectivity index (χ0) is 12.8. The normalized spacial score (nSPS) is 10.4. The summed E-state index contributed by atoms with van der Waals surface area (Å²) in [7, 11) is 0. The number of amides is 1. The molecule has 0 aliphatic carbocycles. The standard InChI is InChI=1S/C13H17Cl2NO/c1-10-3-4-11(2)12(9-10)13(17)16(7-5-14)8-6-15/h3-4,9H,5-8H2,1-2H3. The topological polar surface area (TPSA) is 20.3 Å². The van der Waals surface area contributed by atoms with Gasteiger partial charge >= 0.3 is 0 Å². The Morgan fingerprint density at radius 3 is 2.29 bits per heavy atom. The van der Waals surface area contributed by atoms with Gasteiger partial charge in [-0.25, -0.2) is 0 Å². The first-order valence-corrected chi connectivity index (χ1v) is 6.65. The van der Waals surface area contributed by atoms with Gasteiger partial charge in [0.25, 0.3) is 5.91 Å². The molecule has 0 aliphatic rings. The Labute approximate surface area is 113 Å². The summed E-state index contributed by atoms with van der Waals surface area (Å²) in [6.07, 6.45) is 0. The van der Waals surface area contributed by atoms with Gasteiger partial charge in [-0.2, -0.15) is 0 Å². The first-order chi connectivity index (χ1) is 8.10. The third kappa shape index (κ3) is 3.90. The molecule has 94 valence electrons. The van der Waals surface area contributed by atoms with Crippen LogP contribution in [-0.4, -0.2) is 35.7 Å². The van der Waals surface area contributed by atoms with Gasteiger partial charge in [-0.1, -0.05) is 17.7 Å². The number of aryl methyl sites for hydroxylation is 2. The van der Waals surface area contributed by atoms with Gasteiger partial charge in [0, 0.05) is 30.4 Å². The van der Waals surface area contributed by atoms with Crippen molar-refractivity contribution in [2.45, 2.75) is 13.8 Å². The van der Waals surface area contributed by atoms with Crippen molar-refractivity contribution in [3.05, 3.63) is 34.9 Å². The minimum absolute atomic E-state index is 0.00694. The molecule has 1 rings (SSSR count). The number of rotatable bonds is 5. The third-order valence-electron chi connectivity index (χ3n) is 2.62. The van der Waals surface area contributed by atoms with Gasteiger partial charge in [0.1, 0.15) is 0 Å². The highest BCUT2D eigenvalue weighted by molar-refractivity contribution is 6.18. The van der Waals surface area contributed by atoms with E-state index in [4.69, 9.17) is 23.2 Å². The quantitative estimate of drug-likeness (QED) is 0.755. The largest absolute Gasteiger partial charge is 0.336 e. The van der Waals surface area contributed by atoms with Crippen molar-refractivity contribution < 1.29 is 4.79 Å². The molecular formula is C13H17Cl2NO. The monoisotopic (exact) mass is 273 g/mol. The fraction of sp³-hybridized carbons (Fsp3) is 0.462. The number of alkyl halides is 2. The fourth-order valence-corrected chi connectivity index (χ4v) is 2.06. The third-order valence-corrected chi connectivity index (χ3v) is 2.96. The van der Waals surface area contributed by atoms with Crippen LogP contribution in [0.1, 0.15) is 21.5 Å². The van der Waals surface area contributed by atoms with E-state index >= 15 is 0 Å². The van der Waals surface area contributed by atoms with Crippen molar-refractivity contribution in [1.29, 1.82) is 0 Å². The lowest BCUT2D eigenvalue weighted by molar-refractivity contribution is 0.0774. The average Bonchev–Trinajstić information content (AvgIpc) is 2.31. The van der Waals surface area contributed by atoms with Crippen LogP contribution < -0.4 is 0 Å². The molecule has 2 nitrogen and oxygen atoms in total. The molecule has 0 N–H and O–H groups in total. The van der Waals surface area contributed by atoms with Crippen LogP contribution in [0.2, 0.25) is 0 Å². The molecule has 0 saturated carbocycles. The van der Waals surface area contributed by atoms with Gasteiger partial charge in [-0.15, -0.1) is 23.2 Å². The zero-order valence-electron chi connectivity index (χ0n) is 10.2. The predicted octanol–water partition coefficient (Wildman–Crippen LogP) is 3.22. The lowest BCUT2D eigenvalue weighted by Gasteiger charge is -2.21. The first-order valence-electron chi connectivity index (χ1n) is 5.58. The minimum Gasteiger partial charge on any atom is -0.336 e. The van der Waals surface area contributed by atoms with Crippen molar-refractivity contribution in [2.24, 2.45) is 0 Å². The Morgan fingerprint density at radius 1 is 1.18 bits per heavy atom. The molecule has 0 aliphatic heterocycles. The minimum atomic E-state index is 0.00694. The first kappa shape index (κ1) is 14.3. The molecule has 17 heavy (non-hydrogen) atoms. The highest BCUT2D eigenvalue weighted by atomic mass is 35.5. The summed E-state index contributed by atoms with van der Waals surface area (Å²) < 4.78 is 0. The fourth-order valence-electron chi connectivity index (χ4n) is 1.66. The number of benzene rings is 1. The maximum atomic E-state index is 12.3. The maximum absolute atomic E-state index is 12.3. The van der Waals surface area contributed by atoms with Gasteiger partial charge in [0.05, 0.1) is 0 Å². The zero-order valence-corrected chi connectivity index (χ0v) is 11.7. The Kier molecular flexibility index (Phi) is 5.79. The average molecular weight is 274 g/mol. The molecule has 0 saturated heterocycles. The summed E-state index contributed by atoms with van der Waals surface area (Å²) in [5, 5.41) is 0. The van der Waals surface area contributed by atoms with E-state index in [9.17, 15) is 4.79 Å². The number of nitrogens with zero attached hydrogens (tertiary/aromatic N) is 1. The number of carbonyl (C=O) groups is 1. The number of hydrogen-bond acceptors (Lipinski definition) is 1. The summed E-state index contributed by atoms with van der Waals surface area (Å²) in [6, 6.07) is 5.87. The molecule has 0 unspecified atom stereocenters. The molecule has 1 amide bonds. The second-order valence-corrected chi connectivity index (χ2v) is 4.74. The molecule has 0 bridgehead atoms. The smallest absolute Gasteiger partial charge is 0.254 e. The molecule has 0 heterocycles. The van der Waals surface area contributed by atoms with Crippen LogP contribution in [0.15, 0.2) is 18.2 Å². The van der Waals surface area contributed by atoms with E-state index in [0.29, 0.717) is 24.8 Å². The molecule has 0 spiro atoms. The Bertz CT molecular complexity index is 387. The van der Waals surface area contributed by atoms with Crippen LogP contribution in [0.5, 0.6) is 0 Å². The van der Waals surface area contributed by atoms with E-state index in [1.807, 2.05) is 32.0 Å². The molecule has 0 fully saturated rings. The number of carbonyl (C=O) groups excluding carboxylic acids is 1. The Hall–Kier alpha value is -0.730. The molecule has 4 heteroatoms.